The van der Waals surface area contributed by atoms with E-state index in [2.05, 4.69) is 10.1 Å². The van der Waals surface area contributed by atoms with Gasteiger partial charge in [0.05, 0.1) is 4.90 Å². The Morgan fingerprint density at radius 3 is 2.43 bits per heavy atom. The number of halogens is 4. The molecule has 2 aromatic rings. The molecule has 0 fully saturated rings. The van der Waals surface area contributed by atoms with Crippen LogP contribution in [0.5, 0.6) is 0 Å². The molecular formula is C10H8ClF3N4O2S. The third kappa shape index (κ3) is 4.33. The summed E-state index contributed by atoms with van der Waals surface area (Å²) in [6, 6.07) is 5.23. The maximum Gasteiger partial charge on any atom is 0.408 e. The van der Waals surface area contributed by atoms with E-state index < -0.39 is 28.7 Å². The topological polar surface area (TPSA) is 76.9 Å². The minimum atomic E-state index is -4.47. The molecule has 11 heteroatoms. The first-order chi connectivity index (χ1) is 9.66. The van der Waals surface area contributed by atoms with Gasteiger partial charge in [0.2, 0.25) is 0 Å². The number of nitrogens with one attached hydrogen (secondary N) is 1. The zero-order valence-corrected chi connectivity index (χ0v) is 11.7. The summed E-state index contributed by atoms with van der Waals surface area (Å²) >= 11 is 5.64. The number of anilines is 1. The zero-order chi connectivity index (χ0) is 15.7. The van der Waals surface area contributed by atoms with Crippen molar-refractivity contribution < 1.29 is 21.6 Å². The van der Waals surface area contributed by atoms with Gasteiger partial charge in [0, 0.05) is 5.02 Å². The Morgan fingerprint density at radius 2 is 1.86 bits per heavy atom. The number of benzene rings is 1. The normalized spacial score (nSPS) is 12.4. The minimum Gasteiger partial charge on any atom is -0.246 e. The average molecular weight is 341 g/mol. The monoisotopic (exact) mass is 340 g/mol. The van der Waals surface area contributed by atoms with Crippen molar-refractivity contribution in [3.63, 3.8) is 0 Å². The first kappa shape index (κ1) is 15.6. The fraction of sp³-hybridized carbons (Fsp3) is 0.200. The van der Waals surface area contributed by atoms with E-state index in [9.17, 15) is 21.6 Å². The van der Waals surface area contributed by atoms with Crippen molar-refractivity contribution in [2.24, 2.45) is 0 Å². The molecule has 6 nitrogen and oxygen atoms in total. The lowest BCUT2D eigenvalue weighted by Crippen LogP contribution is -2.18. The highest BCUT2D eigenvalue weighted by Gasteiger charge is 2.29. The second-order valence-electron chi connectivity index (χ2n) is 3.94. The van der Waals surface area contributed by atoms with Crippen molar-refractivity contribution >= 4 is 27.6 Å². The summed E-state index contributed by atoms with van der Waals surface area (Å²) < 4.78 is 62.8. The molecule has 0 aliphatic carbocycles. The lowest BCUT2D eigenvalue weighted by atomic mass is 10.4. The molecule has 0 unspecified atom stereocenters. The van der Waals surface area contributed by atoms with Crippen molar-refractivity contribution in [2.75, 3.05) is 4.72 Å². The van der Waals surface area contributed by atoms with Gasteiger partial charge in [-0.15, -0.1) is 5.10 Å². The van der Waals surface area contributed by atoms with Gasteiger partial charge in [-0.05, 0) is 24.3 Å². The van der Waals surface area contributed by atoms with Gasteiger partial charge in [-0.1, -0.05) is 11.6 Å². The Kier molecular flexibility index (Phi) is 4.10. The van der Waals surface area contributed by atoms with E-state index in [1.165, 1.54) is 24.3 Å². The molecule has 0 spiro atoms. The minimum absolute atomic E-state index is 0.112. The predicted octanol–water partition coefficient (Wildman–Crippen LogP) is 2.29. The van der Waals surface area contributed by atoms with Crippen LogP contribution in [-0.4, -0.2) is 29.4 Å². The number of alkyl halides is 3. The number of hydrogen-bond donors (Lipinski definition) is 1. The Morgan fingerprint density at radius 1 is 1.24 bits per heavy atom. The van der Waals surface area contributed by atoms with Crippen molar-refractivity contribution in [3.8, 4) is 0 Å². The molecule has 1 heterocycles. The van der Waals surface area contributed by atoms with Crippen LogP contribution in [0.4, 0.5) is 19.1 Å². The van der Waals surface area contributed by atoms with Gasteiger partial charge in [-0.3, -0.25) is 0 Å². The molecule has 0 saturated carbocycles. The summed E-state index contributed by atoms with van der Waals surface area (Å²) in [6.07, 6.45) is -3.69. The van der Waals surface area contributed by atoms with Gasteiger partial charge < -0.3 is 0 Å². The van der Waals surface area contributed by atoms with Crippen molar-refractivity contribution in [1.82, 2.24) is 14.8 Å². The lowest BCUT2D eigenvalue weighted by Gasteiger charge is -2.05. The third-order valence-corrected chi connectivity index (χ3v) is 3.82. The molecule has 1 aromatic heterocycles. The first-order valence-corrected chi connectivity index (χ1v) is 7.26. The molecular weight excluding hydrogens is 333 g/mol. The lowest BCUT2D eigenvalue weighted by molar-refractivity contribution is -0.142. The summed E-state index contributed by atoms with van der Waals surface area (Å²) in [5, 5.41) is 3.74. The zero-order valence-electron chi connectivity index (χ0n) is 10.2. The molecule has 114 valence electrons. The van der Waals surface area contributed by atoms with Crippen molar-refractivity contribution in [1.29, 1.82) is 0 Å². The summed E-state index contributed by atoms with van der Waals surface area (Å²) in [5.74, 6) is -0.450. The fourth-order valence-corrected chi connectivity index (χ4v) is 2.47. The molecule has 0 bridgehead atoms. The van der Waals surface area contributed by atoms with Crippen LogP contribution in [0.1, 0.15) is 0 Å². The Balaban J connectivity index is 2.16. The van der Waals surface area contributed by atoms with E-state index in [0.717, 1.165) is 6.33 Å². The van der Waals surface area contributed by atoms with Crippen LogP contribution in [0.15, 0.2) is 35.5 Å². The van der Waals surface area contributed by atoms with E-state index in [1.807, 2.05) is 4.72 Å². The molecule has 0 saturated heterocycles. The smallest absolute Gasteiger partial charge is 0.246 e. The standard InChI is InChI=1S/C10H8ClF3N4O2S/c11-7-1-3-8(4-2-7)21(19,20)17-9-15-6-18(16-9)5-10(12,13)14/h1-4,6H,5H2,(H,16,17). The second kappa shape index (κ2) is 5.53. The van der Waals surface area contributed by atoms with E-state index in [4.69, 9.17) is 11.6 Å². The number of hydrogen-bond acceptors (Lipinski definition) is 4. The molecule has 1 N–H and O–H groups in total. The third-order valence-electron chi connectivity index (χ3n) is 2.23. The van der Waals surface area contributed by atoms with Crippen molar-refractivity contribution in [2.45, 2.75) is 17.6 Å². The highest BCUT2D eigenvalue weighted by molar-refractivity contribution is 7.92. The van der Waals surface area contributed by atoms with Gasteiger partial charge in [0.1, 0.15) is 12.9 Å². The highest BCUT2D eigenvalue weighted by atomic mass is 35.5. The van der Waals surface area contributed by atoms with Gasteiger partial charge in [-0.2, -0.15) is 18.2 Å². The average Bonchev–Trinajstić information content (AvgIpc) is 2.73. The van der Waals surface area contributed by atoms with E-state index >= 15 is 0 Å². The van der Waals surface area contributed by atoms with E-state index in [0.29, 0.717) is 9.70 Å². The maximum absolute atomic E-state index is 12.2. The van der Waals surface area contributed by atoms with Gasteiger partial charge in [0.15, 0.2) is 0 Å². The second-order valence-corrected chi connectivity index (χ2v) is 6.06. The van der Waals surface area contributed by atoms with Gasteiger partial charge in [-0.25, -0.2) is 17.8 Å². The van der Waals surface area contributed by atoms with Crippen LogP contribution in [0.25, 0.3) is 0 Å². The quantitative estimate of drug-likeness (QED) is 0.926. The van der Waals surface area contributed by atoms with Gasteiger partial charge in [0.25, 0.3) is 16.0 Å². The van der Waals surface area contributed by atoms with Crippen LogP contribution in [-0.2, 0) is 16.6 Å². The molecule has 0 radical (unpaired) electrons. The Labute approximate surface area is 122 Å². The van der Waals surface area contributed by atoms with E-state index in [-0.39, 0.29) is 4.90 Å². The van der Waals surface area contributed by atoms with Crippen LogP contribution < -0.4 is 4.72 Å². The van der Waals surface area contributed by atoms with Gasteiger partial charge >= 0.3 is 6.18 Å². The number of sulfonamides is 1. The van der Waals surface area contributed by atoms with Crippen LogP contribution in [0, 0.1) is 0 Å². The molecule has 21 heavy (non-hydrogen) atoms. The van der Waals surface area contributed by atoms with Crippen LogP contribution >= 0.6 is 11.6 Å². The number of aromatic nitrogens is 3. The Hall–Kier alpha value is -1.81. The first-order valence-electron chi connectivity index (χ1n) is 5.40. The molecule has 0 aliphatic rings. The fourth-order valence-electron chi connectivity index (χ4n) is 1.39. The van der Waals surface area contributed by atoms with Crippen LogP contribution in [0.3, 0.4) is 0 Å². The molecule has 1 aromatic carbocycles. The number of nitrogens with zero attached hydrogens (tertiary/aromatic N) is 3. The summed E-state index contributed by atoms with van der Waals surface area (Å²) in [4.78, 5) is 3.35. The predicted molar refractivity (Wildman–Crippen MR) is 68.3 cm³/mol. The van der Waals surface area contributed by atoms with Crippen molar-refractivity contribution in [3.05, 3.63) is 35.6 Å². The summed E-state index contributed by atoms with van der Waals surface area (Å²) in [5.41, 5.74) is 0. The molecule has 0 atom stereocenters. The summed E-state index contributed by atoms with van der Waals surface area (Å²) in [6.45, 7) is -1.36. The maximum atomic E-state index is 12.2. The summed E-state index contributed by atoms with van der Waals surface area (Å²) in [7, 11) is -3.99. The molecule has 0 amide bonds. The highest BCUT2D eigenvalue weighted by Crippen LogP contribution is 2.18. The van der Waals surface area contributed by atoms with E-state index in [1.54, 1.807) is 0 Å². The number of rotatable bonds is 4. The largest absolute Gasteiger partial charge is 0.408 e. The SMILES string of the molecule is O=S(=O)(Nc1ncn(CC(F)(F)F)n1)c1ccc(Cl)cc1. The molecule has 2 rings (SSSR count). The van der Waals surface area contributed by atoms with Crippen LogP contribution in [0.2, 0.25) is 5.02 Å². The Bertz CT molecular complexity index is 728. The molecule has 0 aliphatic heterocycles.